The number of carbonyl (C=O) groups excluding carboxylic acids is 2. The van der Waals surface area contributed by atoms with Crippen molar-refractivity contribution in [3.8, 4) is 11.1 Å². The number of nitrogens with one attached hydrogen (secondary N) is 2. The van der Waals surface area contributed by atoms with Gasteiger partial charge in [-0.2, -0.15) is 0 Å². The minimum Gasteiger partial charge on any atom is -0.366 e. The summed E-state index contributed by atoms with van der Waals surface area (Å²) >= 11 is 0. The second-order valence-electron chi connectivity index (χ2n) is 9.19. The predicted molar refractivity (Wildman–Crippen MR) is 128 cm³/mol. The van der Waals surface area contributed by atoms with Crippen molar-refractivity contribution in [1.29, 1.82) is 0 Å². The van der Waals surface area contributed by atoms with E-state index in [1.165, 1.54) is 24.3 Å². The molecule has 4 N–H and O–H groups in total. The highest BCUT2D eigenvalue weighted by atomic mass is 19.1. The van der Waals surface area contributed by atoms with Gasteiger partial charge in [0.25, 0.3) is 5.91 Å². The quantitative estimate of drug-likeness (QED) is 0.440. The fraction of sp³-hybridized carbons (Fsp3) is 0.385. The SMILES string of the molecule is CN(C)CCCCNC(=O)C1CCc2c([nH]c3c(C(N)=O)ccc(-c4c(F)cccc4F)c23)C1. The van der Waals surface area contributed by atoms with Gasteiger partial charge < -0.3 is 20.9 Å². The van der Waals surface area contributed by atoms with Crippen molar-refractivity contribution in [3.05, 3.63) is 58.8 Å². The summed E-state index contributed by atoms with van der Waals surface area (Å²) in [6.07, 6.45) is 3.55. The molecule has 0 radical (unpaired) electrons. The smallest absolute Gasteiger partial charge is 0.250 e. The van der Waals surface area contributed by atoms with Crippen molar-refractivity contribution >= 4 is 22.7 Å². The second kappa shape index (κ2) is 9.93. The number of aromatic nitrogens is 1. The summed E-state index contributed by atoms with van der Waals surface area (Å²) < 4.78 is 29.3. The number of H-pyrrole nitrogens is 1. The fourth-order valence-corrected chi connectivity index (χ4v) is 4.84. The molecule has 0 bridgehead atoms. The Hall–Kier alpha value is -3.26. The lowest BCUT2D eigenvalue weighted by atomic mass is 9.84. The number of hydrogen-bond acceptors (Lipinski definition) is 3. The first-order valence-electron chi connectivity index (χ1n) is 11.6. The molecular formula is C26H30F2N4O2. The third-order valence-corrected chi connectivity index (χ3v) is 6.54. The van der Waals surface area contributed by atoms with Crippen LogP contribution in [0.2, 0.25) is 0 Å². The average molecular weight is 469 g/mol. The number of rotatable bonds is 8. The third kappa shape index (κ3) is 4.68. The van der Waals surface area contributed by atoms with Crippen molar-refractivity contribution in [2.75, 3.05) is 27.2 Å². The van der Waals surface area contributed by atoms with E-state index in [0.717, 1.165) is 30.6 Å². The molecule has 34 heavy (non-hydrogen) atoms. The number of carbonyl (C=O) groups is 2. The van der Waals surface area contributed by atoms with E-state index in [1.807, 2.05) is 14.1 Å². The molecule has 6 nitrogen and oxygen atoms in total. The first kappa shape index (κ1) is 23.9. The molecule has 2 aromatic carbocycles. The Balaban J connectivity index is 1.64. The average Bonchev–Trinajstić information content (AvgIpc) is 3.17. The Morgan fingerprint density at radius 1 is 1.15 bits per heavy atom. The molecular weight excluding hydrogens is 438 g/mol. The zero-order chi connectivity index (χ0) is 24.4. The van der Waals surface area contributed by atoms with Gasteiger partial charge in [-0.1, -0.05) is 12.1 Å². The molecule has 1 aromatic heterocycles. The molecule has 1 atom stereocenters. The molecule has 1 unspecified atom stereocenters. The summed E-state index contributed by atoms with van der Waals surface area (Å²) in [5, 5.41) is 3.62. The van der Waals surface area contributed by atoms with Crippen molar-refractivity contribution in [3.63, 3.8) is 0 Å². The van der Waals surface area contributed by atoms with E-state index in [2.05, 4.69) is 15.2 Å². The van der Waals surface area contributed by atoms with Crippen LogP contribution in [0.3, 0.4) is 0 Å². The van der Waals surface area contributed by atoms with Gasteiger partial charge in [-0.05, 0) is 82.1 Å². The number of unbranched alkanes of at least 4 members (excludes halogenated alkanes) is 1. The largest absolute Gasteiger partial charge is 0.366 e. The van der Waals surface area contributed by atoms with Gasteiger partial charge in [-0.15, -0.1) is 0 Å². The highest BCUT2D eigenvalue weighted by Crippen LogP contribution is 2.40. The minimum absolute atomic E-state index is 0.00431. The molecule has 8 heteroatoms. The number of aryl methyl sites for hydroxylation is 1. The van der Waals surface area contributed by atoms with Gasteiger partial charge in [-0.25, -0.2) is 8.78 Å². The van der Waals surface area contributed by atoms with E-state index in [1.54, 1.807) is 6.07 Å². The van der Waals surface area contributed by atoms with Crippen molar-refractivity contribution < 1.29 is 18.4 Å². The van der Waals surface area contributed by atoms with Crippen LogP contribution in [0.5, 0.6) is 0 Å². The van der Waals surface area contributed by atoms with Crippen LogP contribution >= 0.6 is 0 Å². The molecule has 1 aliphatic rings. The van der Waals surface area contributed by atoms with Crippen LogP contribution in [0.1, 0.15) is 40.9 Å². The number of amides is 2. The van der Waals surface area contributed by atoms with Gasteiger partial charge in [0.05, 0.1) is 16.6 Å². The Morgan fingerprint density at radius 2 is 1.88 bits per heavy atom. The van der Waals surface area contributed by atoms with E-state index < -0.39 is 17.5 Å². The number of nitrogens with zero attached hydrogens (tertiary/aromatic N) is 1. The monoisotopic (exact) mass is 468 g/mol. The number of aromatic amines is 1. The normalized spacial score (nSPS) is 15.5. The van der Waals surface area contributed by atoms with Gasteiger partial charge in [0.1, 0.15) is 11.6 Å². The van der Waals surface area contributed by atoms with Crippen LogP contribution in [0, 0.1) is 17.6 Å². The number of benzene rings is 2. The summed E-state index contributed by atoms with van der Waals surface area (Å²) in [7, 11) is 4.04. The maximum atomic E-state index is 14.6. The summed E-state index contributed by atoms with van der Waals surface area (Å²) in [6.45, 7) is 1.61. The Bertz CT molecular complexity index is 1220. The molecule has 0 saturated heterocycles. The summed E-state index contributed by atoms with van der Waals surface area (Å²) in [5.41, 5.74) is 8.23. The lowest BCUT2D eigenvalue weighted by Crippen LogP contribution is -2.34. The maximum absolute atomic E-state index is 14.6. The molecule has 0 saturated carbocycles. The zero-order valence-electron chi connectivity index (χ0n) is 19.5. The number of nitrogens with two attached hydrogens (primary N) is 1. The predicted octanol–water partition coefficient (Wildman–Crippen LogP) is 3.77. The lowest BCUT2D eigenvalue weighted by molar-refractivity contribution is -0.125. The standard InChI is InChI=1S/C26H30F2N4O2/c1-32(2)13-4-3-12-30-26(34)15-8-9-16-21(14-15)31-24-18(25(29)33)11-10-17(22(16)24)23-19(27)6-5-7-20(23)28/h5-7,10-11,15,31H,3-4,8-9,12-14H2,1-2H3,(H2,29,33)(H,30,34). The highest BCUT2D eigenvalue weighted by Gasteiger charge is 2.30. The van der Waals surface area contributed by atoms with Crippen molar-refractivity contribution in [1.82, 2.24) is 15.2 Å². The van der Waals surface area contributed by atoms with Gasteiger partial charge >= 0.3 is 0 Å². The molecule has 0 spiro atoms. The van der Waals surface area contributed by atoms with Crippen LogP contribution in [-0.4, -0.2) is 48.9 Å². The Labute approximate surface area is 197 Å². The molecule has 180 valence electrons. The Morgan fingerprint density at radius 3 is 2.56 bits per heavy atom. The topological polar surface area (TPSA) is 91.2 Å². The van der Waals surface area contributed by atoms with E-state index in [9.17, 15) is 18.4 Å². The van der Waals surface area contributed by atoms with Gasteiger partial charge in [0.15, 0.2) is 0 Å². The molecule has 0 fully saturated rings. The van der Waals surface area contributed by atoms with E-state index >= 15 is 0 Å². The summed E-state index contributed by atoms with van der Waals surface area (Å²) in [6, 6.07) is 6.78. The first-order valence-corrected chi connectivity index (χ1v) is 11.6. The summed E-state index contributed by atoms with van der Waals surface area (Å²) in [5.74, 6) is -2.18. The third-order valence-electron chi connectivity index (χ3n) is 6.54. The number of hydrogen-bond donors (Lipinski definition) is 3. The molecule has 1 heterocycles. The molecule has 4 rings (SSSR count). The second-order valence-corrected chi connectivity index (χ2v) is 9.19. The first-order chi connectivity index (χ1) is 16.3. The van der Waals surface area contributed by atoms with Crippen molar-refractivity contribution in [2.24, 2.45) is 11.7 Å². The van der Waals surface area contributed by atoms with E-state index in [4.69, 9.17) is 5.73 Å². The van der Waals surface area contributed by atoms with E-state index in [0.29, 0.717) is 42.3 Å². The lowest BCUT2D eigenvalue weighted by Gasteiger charge is -2.22. The molecule has 3 aromatic rings. The van der Waals surface area contributed by atoms with Crippen molar-refractivity contribution in [2.45, 2.75) is 32.1 Å². The van der Waals surface area contributed by atoms with Gasteiger partial charge in [0, 0.05) is 23.5 Å². The zero-order valence-corrected chi connectivity index (χ0v) is 19.5. The maximum Gasteiger partial charge on any atom is 0.250 e. The van der Waals surface area contributed by atoms with Crippen LogP contribution in [0.15, 0.2) is 30.3 Å². The number of halogens is 2. The molecule has 1 aliphatic carbocycles. The molecule has 0 aliphatic heterocycles. The van der Waals surface area contributed by atoms with Gasteiger partial charge in [-0.3, -0.25) is 9.59 Å². The van der Waals surface area contributed by atoms with Crippen LogP contribution in [0.25, 0.3) is 22.0 Å². The van der Waals surface area contributed by atoms with Crippen LogP contribution < -0.4 is 11.1 Å². The number of fused-ring (bicyclic) bond motifs is 3. The van der Waals surface area contributed by atoms with Crippen LogP contribution in [-0.2, 0) is 17.6 Å². The summed E-state index contributed by atoms with van der Waals surface area (Å²) in [4.78, 5) is 30.2. The fourth-order valence-electron chi connectivity index (χ4n) is 4.84. The van der Waals surface area contributed by atoms with Gasteiger partial charge in [0.2, 0.25) is 5.91 Å². The van der Waals surface area contributed by atoms with E-state index in [-0.39, 0.29) is 23.0 Å². The number of primary amides is 1. The van der Waals surface area contributed by atoms with Crippen LogP contribution in [0.4, 0.5) is 8.78 Å². The highest BCUT2D eigenvalue weighted by molar-refractivity contribution is 6.11. The Kier molecular flexibility index (Phi) is 6.97. The minimum atomic E-state index is -0.676. The molecule has 2 amide bonds.